The Balaban J connectivity index is 1.22. The van der Waals surface area contributed by atoms with Crippen LogP contribution in [0.25, 0.3) is 0 Å². The van der Waals surface area contributed by atoms with E-state index in [9.17, 15) is 17.6 Å². The Morgan fingerprint density at radius 3 is 2.52 bits per heavy atom. The van der Waals surface area contributed by atoms with Crippen LogP contribution >= 0.6 is 0 Å². The minimum absolute atomic E-state index is 0.0548. The van der Waals surface area contributed by atoms with Gasteiger partial charge < -0.3 is 26.6 Å². The topological polar surface area (TPSA) is 150 Å². The SMILES string of the molecule is CN1CCC(S(=O)(=O)N2CCN(C3=CC=NCC3NC(=O)C(C(N)N)C3CC4CC4(C)CC(F)C=N3)CC2)CC1. The van der Waals surface area contributed by atoms with E-state index in [1.807, 2.05) is 13.1 Å². The van der Waals surface area contributed by atoms with Gasteiger partial charge in [-0.1, -0.05) is 6.92 Å². The normalized spacial score (nSPS) is 35.0. The largest absolute Gasteiger partial charge is 0.370 e. The Hall–Kier alpha value is -1.93. The molecule has 4 heterocycles. The van der Waals surface area contributed by atoms with Gasteiger partial charge in [0.15, 0.2) is 0 Å². The zero-order valence-corrected chi connectivity index (χ0v) is 24.5. The van der Waals surface area contributed by atoms with E-state index in [4.69, 9.17) is 11.5 Å². The standard InChI is InChI=1S/C27H45FN8O3S/c1-27-14-18(27)13-21(32-16-19(28)15-27)24(25(29)30)26(37)33-22-17-31-6-3-23(22)35-9-11-36(12-10-35)40(38,39)20-4-7-34(2)8-5-20/h3,6,16,18-22,24-25H,4-5,7-15,17,29-30H2,1-2H3,(H,33,37). The maximum Gasteiger partial charge on any atom is 0.228 e. The van der Waals surface area contributed by atoms with E-state index in [-0.39, 0.29) is 16.6 Å². The summed E-state index contributed by atoms with van der Waals surface area (Å²) in [6.45, 7) is 5.92. The first-order valence-corrected chi connectivity index (χ1v) is 16.1. The smallest absolute Gasteiger partial charge is 0.228 e. The van der Waals surface area contributed by atoms with Crippen molar-refractivity contribution in [1.29, 1.82) is 0 Å². The van der Waals surface area contributed by atoms with Gasteiger partial charge in [0.2, 0.25) is 15.9 Å². The van der Waals surface area contributed by atoms with E-state index in [0.29, 0.717) is 64.3 Å². The highest BCUT2D eigenvalue weighted by Crippen LogP contribution is 2.59. The first-order valence-electron chi connectivity index (χ1n) is 14.6. The fourth-order valence-electron chi connectivity index (χ4n) is 6.93. The molecular weight excluding hydrogens is 535 g/mol. The molecule has 0 aromatic heterocycles. The highest BCUT2D eigenvalue weighted by molar-refractivity contribution is 7.89. The van der Waals surface area contributed by atoms with Crippen LogP contribution in [0.1, 0.15) is 39.0 Å². The third-order valence-corrected chi connectivity index (χ3v) is 12.1. The number of sulfonamides is 1. The first kappa shape index (κ1) is 29.6. The van der Waals surface area contributed by atoms with Gasteiger partial charge in [-0.15, -0.1) is 0 Å². The third kappa shape index (κ3) is 6.28. The molecule has 5 N–H and O–H groups in total. The van der Waals surface area contributed by atoms with Crippen molar-refractivity contribution in [1.82, 2.24) is 19.4 Å². The third-order valence-electron chi connectivity index (χ3n) is 9.66. The second-order valence-corrected chi connectivity index (χ2v) is 14.8. The average molecular weight is 581 g/mol. The molecule has 6 atom stereocenters. The van der Waals surface area contributed by atoms with Gasteiger partial charge in [0, 0.05) is 44.3 Å². The van der Waals surface area contributed by atoms with Crippen LogP contribution < -0.4 is 16.8 Å². The van der Waals surface area contributed by atoms with Crippen molar-refractivity contribution in [3.8, 4) is 0 Å². The molecule has 6 unspecified atom stereocenters. The molecule has 4 aliphatic heterocycles. The lowest BCUT2D eigenvalue weighted by molar-refractivity contribution is -0.127. The van der Waals surface area contributed by atoms with E-state index in [1.165, 1.54) is 6.21 Å². The molecule has 0 bridgehead atoms. The van der Waals surface area contributed by atoms with Crippen molar-refractivity contribution in [2.24, 2.45) is 38.7 Å². The minimum Gasteiger partial charge on any atom is -0.370 e. The number of carbonyl (C=O) groups is 1. The lowest BCUT2D eigenvalue weighted by Gasteiger charge is -2.41. The maximum atomic E-state index is 14.5. The number of aliphatic imine (C=N–C) groups is 2. The number of hydrogen-bond donors (Lipinski definition) is 3. The molecule has 1 saturated carbocycles. The molecule has 0 radical (unpaired) electrons. The molecule has 5 aliphatic rings. The number of nitrogens with zero attached hydrogens (tertiary/aromatic N) is 5. The monoisotopic (exact) mass is 580 g/mol. The lowest BCUT2D eigenvalue weighted by Crippen LogP contribution is -2.57. The Morgan fingerprint density at radius 2 is 1.85 bits per heavy atom. The van der Waals surface area contributed by atoms with Gasteiger partial charge in [-0.25, -0.2) is 12.8 Å². The summed E-state index contributed by atoms with van der Waals surface area (Å²) in [5.41, 5.74) is 13.1. The van der Waals surface area contributed by atoms with Gasteiger partial charge in [0.1, 0.15) is 6.17 Å². The molecule has 11 nitrogen and oxygen atoms in total. The summed E-state index contributed by atoms with van der Waals surface area (Å²) in [6, 6.07) is -0.883. The summed E-state index contributed by atoms with van der Waals surface area (Å²) in [5, 5.41) is 2.78. The fraction of sp³-hybridized carbons (Fsp3) is 0.815. The number of fused-ring (bicyclic) bond motifs is 1. The second kappa shape index (κ2) is 11.7. The quantitative estimate of drug-likeness (QED) is 0.357. The van der Waals surface area contributed by atoms with Gasteiger partial charge in [0.05, 0.1) is 36.0 Å². The molecule has 224 valence electrons. The number of allylic oxidation sites excluding steroid dienone is 1. The Morgan fingerprint density at radius 1 is 1.15 bits per heavy atom. The van der Waals surface area contributed by atoms with E-state index in [2.05, 4.69) is 32.0 Å². The van der Waals surface area contributed by atoms with E-state index < -0.39 is 40.4 Å². The molecular formula is C27H45FN8O3S. The molecule has 5 rings (SSSR count). The lowest BCUT2D eigenvalue weighted by atomic mass is 9.87. The Labute approximate surface area is 237 Å². The Bertz CT molecular complexity index is 1130. The zero-order valence-electron chi connectivity index (χ0n) is 23.7. The molecule has 40 heavy (non-hydrogen) atoms. The Kier molecular flexibility index (Phi) is 8.68. The number of piperidine rings is 1. The number of alkyl halides is 1. The number of carbonyl (C=O) groups excluding carboxylic acids is 1. The summed E-state index contributed by atoms with van der Waals surface area (Å²) < 4.78 is 42.6. The summed E-state index contributed by atoms with van der Waals surface area (Å²) >= 11 is 0. The molecule has 1 aliphatic carbocycles. The van der Waals surface area contributed by atoms with Crippen LogP contribution in [0.2, 0.25) is 0 Å². The minimum atomic E-state index is -3.35. The number of rotatable bonds is 7. The van der Waals surface area contributed by atoms with Gasteiger partial charge in [-0.3, -0.25) is 14.8 Å². The fourth-order valence-corrected chi connectivity index (χ4v) is 8.83. The van der Waals surface area contributed by atoms with Crippen molar-refractivity contribution < 1.29 is 17.6 Å². The van der Waals surface area contributed by atoms with Crippen molar-refractivity contribution in [3.05, 3.63) is 11.8 Å². The van der Waals surface area contributed by atoms with Crippen molar-refractivity contribution in [3.63, 3.8) is 0 Å². The van der Waals surface area contributed by atoms with Crippen LogP contribution in [0.15, 0.2) is 21.8 Å². The summed E-state index contributed by atoms with van der Waals surface area (Å²) in [6.07, 6.45) is 6.20. The molecule has 0 aromatic carbocycles. The van der Waals surface area contributed by atoms with E-state index in [1.54, 1.807) is 10.5 Å². The second-order valence-electron chi connectivity index (χ2n) is 12.6. The number of nitrogens with one attached hydrogen (secondary N) is 1. The molecule has 0 spiro atoms. The highest BCUT2D eigenvalue weighted by atomic mass is 32.2. The summed E-state index contributed by atoms with van der Waals surface area (Å²) in [7, 11) is -1.32. The number of amides is 1. The van der Waals surface area contributed by atoms with Crippen molar-refractivity contribution in [2.45, 2.75) is 68.7 Å². The molecule has 13 heteroatoms. The van der Waals surface area contributed by atoms with Crippen LogP contribution in [0.5, 0.6) is 0 Å². The number of nitrogens with two attached hydrogens (primary N) is 2. The van der Waals surface area contributed by atoms with Gasteiger partial charge >= 0.3 is 0 Å². The number of hydrogen-bond acceptors (Lipinski definition) is 9. The van der Waals surface area contributed by atoms with Crippen molar-refractivity contribution >= 4 is 28.4 Å². The van der Waals surface area contributed by atoms with Crippen LogP contribution in [-0.2, 0) is 14.8 Å². The molecule has 3 fully saturated rings. The predicted octanol–water partition coefficient (Wildman–Crippen LogP) is -0.0617. The number of likely N-dealkylation sites (tertiary alicyclic amines) is 1. The number of halogens is 1. The van der Waals surface area contributed by atoms with Crippen LogP contribution in [0, 0.1) is 17.3 Å². The first-order chi connectivity index (χ1) is 19.0. The number of piperazine rings is 1. The molecule has 1 amide bonds. The van der Waals surface area contributed by atoms with E-state index >= 15 is 0 Å². The van der Waals surface area contributed by atoms with Crippen LogP contribution in [-0.4, -0.2) is 123 Å². The van der Waals surface area contributed by atoms with Gasteiger partial charge in [-0.2, -0.15) is 4.31 Å². The van der Waals surface area contributed by atoms with Crippen LogP contribution in [0.3, 0.4) is 0 Å². The summed E-state index contributed by atoms with van der Waals surface area (Å²) in [4.78, 5) is 26.7. The maximum absolute atomic E-state index is 14.5. The highest BCUT2D eigenvalue weighted by Gasteiger charge is 2.53. The van der Waals surface area contributed by atoms with Crippen LogP contribution in [0.4, 0.5) is 4.39 Å². The summed E-state index contributed by atoms with van der Waals surface area (Å²) in [5.74, 6) is -0.805. The molecule has 2 saturated heterocycles. The van der Waals surface area contributed by atoms with Crippen molar-refractivity contribution in [2.75, 3.05) is 52.9 Å². The average Bonchev–Trinajstić information content (AvgIpc) is 3.53. The number of dihydropyridines is 1. The molecule has 0 aromatic rings. The van der Waals surface area contributed by atoms with Gasteiger partial charge in [0.25, 0.3) is 0 Å². The van der Waals surface area contributed by atoms with E-state index in [0.717, 1.165) is 25.2 Å². The predicted molar refractivity (Wildman–Crippen MR) is 154 cm³/mol. The van der Waals surface area contributed by atoms with Gasteiger partial charge in [-0.05, 0) is 69.7 Å². The zero-order chi connectivity index (χ0) is 28.7.